The number of fused-ring (bicyclic) bond motifs is 1. The van der Waals surface area contributed by atoms with Crippen molar-refractivity contribution in [2.45, 2.75) is 20.0 Å². The maximum atomic E-state index is 12.6. The fourth-order valence-electron chi connectivity index (χ4n) is 2.55. The first-order valence-electron chi connectivity index (χ1n) is 7.44. The maximum absolute atomic E-state index is 12.6. The fraction of sp³-hybridized carbons (Fsp3) is 0.158. The highest BCUT2D eigenvalue weighted by Crippen LogP contribution is 2.20. The van der Waals surface area contributed by atoms with E-state index >= 15 is 0 Å². The number of aromatic nitrogens is 1. The molecule has 0 saturated carbocycles. The summed E-state index contributed by atoms with van der Waals surface area (Å²) in [6.07, 6.45) is 0.812. The van der Waals surface area contributed by atoms with Crippen LogP contribution in [0, 0.1) is 6.92 Å². The van der Waals surface area contributed by atoms with Crippen LogP contribution in [0.25, 0.3) is 10.9 Å². The van der Waals surface area contributed by atoms with Crippen LogP contribution in [0.1, 0.15) is 33.2 Å². The van der Waals surface area contributed by atoms with Crippen molar-refractivity contribution in [2.75, 3.05) is 0 Å². The van der Waals surface area contributed by atoms with E-state index in [2.05, 4.69) is 4.98 Å². The van der Waals surface area contributed by atoms with E-state index < -0.39 is 12.1 Å². The number of hydrogen-bond acceptors (Lipinski definition) is 3. The number of rotatable bonds is 4. The van der Waals surface area contributed by atoms with E-state index in [1.165, 1.54) is 0 Å². The summed E-state index contributed by atoms with van der Waals surface area (Å²) in [4.78, 5) is 27.8. The van der Waals surface area contributed by atoms with Crippen molar-refractivity contribution >= 4 is 22.7 Å². The van der Waals surface area contributed by atoms with Gasteiger partial charge in [0.15, 0.2) is 6.10 Å². The second kappa shape index (κ2) is 6.08. The van der Waals surface area contributed by atoms with E-state index in [0.29, 0.717) is 11.1 Å². The van der Waals surface area contributed by atoms with E-state index in [1.54, 1.807) is 31.3 Å². The Balaban J connectivity index is 1.79. The Morgan fingerprint density at radius 2 is 1.87 bits per heavy atom. The highest BCUT2D eigenvalue weighted by Gasteiger charge is 2.22. The van der Waals surface area contributed by atoms with Crippen molar-refractivity contribution in [3.8, 4) is 0 Å². The smallest absolute Gasteiger partial charge is 0.338 e. The third kappa shape index (κ3) is 3.01. The van der Waals surface area contributed by atoms with Crippen molar-refractivity contribution in [1.82, 2.24) is 4.98 Å². The third-order valence-corrected chi connectivity index (χ3v) is 3.76. The molecule has 0 unspecified atom stereocenters. The van der Waals surface area contributed by atoms with Gasteiger partial charge in [-0.15, -0.1) is 0 Å². The first-order valence-corrected chi connectivity index (χ1v) is 7.44. The lowest BCUT2D eigenvalue weighted by Crippen LogP contribution is -2.24. The normalized spacial score (nSPS) is 12.1. The van der Waals surface area contributed by atoms with Crippen LogP contribution in [0.15, 0.2) is 54.7 Å². The lowest BCUT2D eigenvalue weighted by atomic mass is 10.1. The Morgan fingerprint density at radius 3 is 2.65 bits per heavy atom. The van der Waals surface area contributed by atoms with Gasteiger partial charge in [-0.25, -0.2) is 4.79 Å². The van der Waals surface area contributed by atoms with Gasteiger partial charge < -0.3 is 9.72 Å². The number of H-pyrrole nitrogens is 1. The van der Waals surface area contributed by atoms with Crippen molar-refractivity contribution in [3.05, 3.63) is 71.4 Å². The van der Waals surface area contributed by atoms with Crippen LogP contribution in [0.3, 0.4) is 0 Å². The van der Waals surface area contributed by atoms with Gasteiger partial charge in [0.25, 0.3) is 0 Å². The summed E-state index contributed by atoms with van der Waals surface area (Å²) in [5, 5.41) is 0.830. The zero-order valence-corrected chi connectivity index (χ0v) is 13.0. The van der Waals surface area contributed by atoms with Gasteiger partial charge in [0.05, 0.1) is 5.56 Å². The molecule has 4 nitrogen and oxygen atoms in total. The Kier molecular flexibility index (Phi) is 3.98. The standard InChI is InChI=1S/C19H17NO3/c1-12-6-5-7-14(10-12)19(22)23-13(2)18(21)16-11-20-17-9-4-3-8-15(16)17/h3-11,13,20H,1-2H3/t13-/m1/s1. The van der Waals surface area contributed by atoms with Crippen molar-refractivity contribution < 1.29 is 14.3 Å². The number of aryl methyl sites for hydroxylation is 1. The number of para-hydroxylation sites is 1. The highest BCUT2D eigenvalue weighted by molar-refractivity contribution is 6.10. The number of benzene rings is 2. The second-order valence-electron chi connectivity index (χ2n) is 5.53. The Bertz CT molecular complexity index is 879. The molecule has 0 saturated heterocycles. The molecule has 0 aliphatic carbocycles. The van der Waals surface area contributed by atoms with Gasteiger partial charge >= 0.3 is 5.97 Å². The molecule has 2 aromatic carbocycles. The summed E-state index contributed by atoms with van der Waals surface area (Å²) < 4.78 is 5.32. The van der Waals surface area contributed by atoms with Crippen LogP contribution in [-0.2, 0) is 4.74 Å². The molecule has 0 aliphatic rings. The van der Waals surface area contributed by atoms with Crippen LogP contribution < -0.4 is 0 Å². The molecule has 1 aromatic heterocycles. The first-order chi connectivity index (χ1) is 11.1. The Hall–Kier alpha value is -2.88. The quantitative estimate of drug-likeness (QED) is 0.587. The van der Waals surface area contributed by atoms with Gasteiger partial charge in [0.2, 0.25) is 5.78 Å². The number of aromatic amines is 1. The summed E-state index contributed by atoms with van der Waals surface area (Å²) >= 11 is 0. The van der Waals surface area contributed by atoms with Gasteiger partial charge in [-0.2, -0.15) is 0 Å². The second-order valence-corrected chi connectivity index (χ2v) is 5.53. The van der Waals surface area contributed by atoms with Crippen LogP contribution >= 0.6 is 0 Å². The monoisotopic (exact) mass is 307 g/mol. The molecule has 0 bridgehead atoms. The largest absolute Gasteiger partial charge is 0.451 e. The van der Waals surface area contributed by atoms with E-state index in [9.17, 15) is 9.59 Å². The molecule has 4 heteroatoms. The predicted molar refractivity (Wildman–Crippen MR) is 88.7 cm³/mol. The molecule has 1 heterocycles. The highest BCUT2D eigenvalue weighted by atomic mass is 16.5. The van der Waals surface area contributed by atoms with Gasteiger partial charge in [0.1, 0.15) is 0 Å². The predicted octanol–water partition coefficient (Wildman–Crippen LogP) is 3.90. The summed E-state index contributed by atoms with van der Waals surface area (Å²) in [5.74, 6) is -0.710. The van der Waals surface area contributed by atoms with Crippen LogP contribution in [0.2, 0.25) is 0 Å². The molecular weight excluding hydrogens is 290 g/mol. The number of Topliss-reactive ketones (excluding diaryl/α,β-unsaturated/α-hetero) is 1. The lowest BCUT2D eigenvalue weighted by Gasteiger charge is -2.12. The van der Waals surface area contributed by atoms with Gasteiger partial charge in [0, 0.05) is 22.7 Å². The molecule has 0 radical (unpaired) electrons. The number of ether oxygens (including phenoxy) is 1. The van der Waals surface area contributed by atoms with E-state index in [0.717, 1.165) is 16.5 Å². The van der Waals surface area contributed by atoms with E-state index in [-0.39, 0.29) is 5.78 Å². The number of hydrogen-bond donors (Lipinski definition) is 1. The number of esters is 1. The molecule has 1 N–H and O–H groups in total. The van der Waals surface area contributed by atoms with Crippen LogP contribution in [-0.4, -0.2) is 22.8 Å². The minimum Gasteiger partial charge on any atom is -0.451 e. The number of carbonyl (C=O) groups excluding carboxylic acids is 2. The van der Waals surface area contributed by atoms with Gasteiger partial charge in [-0.3, -0.25) is 4.79 Å². The van der Waals surface area contributed by atoms with E-state index in [4.69, 9.17) is 4.74 Å². The average Bonchev–Trinajstić information content (AvgIpc) is 2.98. The summed E-state index contributed by atoms with van der Waals surface area (Å²) in [7, 11) is 0. The number of nitrogens with one attached hydrogen (secondary N) is 1. The zero-order chi connectivity index (χ0) is 16.4. The summed E-state index contributed by atoms with van der Waals surface area (Å²) in [6, 6.07) is 14.6. The maximum Gasteiger partial charge on any atom is 0.338 e. The van der Waals surface area contributed by atoms with Crippen molar-refractivity contribution in [2.24, 2.45) is 0 Å². The molecule has 1 atom stereocenters. The van der Waals surface area contributed by atoms with Crippen molar-refractivity contribution in [1.29, 1.82) is 0 Å². The fourth-order valence-corrected chi connectivity index (χ4v) is 2.55. The van der Waals surface area contributed by atoms with Gasteiger partial charge in [-0.05, 0) is 32.0 Å². The molecule has 0 fully saturated rings. The minimum absolute atomic E-state index is 0.219. The third-order valence-electron chi connectivity index (χ3n) is 3.76. The summed E-state index contributed by atoms with van der Waals surface area (Å²) in [6.45, 7) is 3.50. The molecule has 116 valence electrons. The Morgan fingerprint density at radius 1 is 1.09 bits per heavy atom. The van der Waals surface area contributed by atoms with Crippen LogP contribution in [0.5, 0.6) is 0 Å². The molecule has 0 amide bonds. The minimum atomic E-state index is -0.845. The zero-order valence-electron chi connectivity index (χ0n) is 13.0. The molecule has 3 aromatic rings. The molecule has 0 spiro atoms. The van der Waals surface area contributed by atoms with Gasteiger partial charge in [-0.1, -0.05) is 35.9 Å². The number of ketones is 1. The van der Waals surface area contributed by atoms with E-state index in [1.807, 2.05) is 37.3 Å². The average molecular weight is 307 g/mol. The molecule has 3 rings (SSSR count). The SMILES string of the molecule is Cc1cccc(C(=O)O[C@H](C)C(=O)c2c[nH]c3ccccc23)c1. The topological polar surface area (TPSA) is 59.2 Å². The lowest BCUT2D eigenvalue weighted by molar-refractivity contribution is 0.0319. The number of carbonyl (C=O) groups is 2. The Labute approximate surface area is 134 Å². The molecular formula is C19H17NO3. The first kappa shape index (κ1) is 15.0. The molecule has 23 heavy (non-hydrogen) atoms. The molecule has 0 aliphatic heterocycles. The summed E-state index contributed by atoms with van der Waals surface area (Å²) in [5.41, 5.74) is 2.83. The van der Waals surface area contributed by atoms with Crippen LogP contribution in [0.4, 0.5) is 0 Å². The van der Waals surface area contributed by atoms with Crippen molar-refractivity contribution in [3.63, 3.8) is 0 Å².